The summed E-state index contributed by atoms with van der Waals surface area (Å²) in [6, 6.07) is 7.72. The second kappa shape index (κ2) is 8.23. The van der Waals surface area contributed by atoms with Gasteiger partial charge in [-0.25, -0.2) is 15.0 Å². The van der Waals surface area contributed by atoms with E-state index in [9.17, 15) is 13.2 Å². The molecule has 0 aromatic carbocycles. The van der Waals surface area contributed by atoms with Gasteiger partial charge in [0.1, 0.15) is 11.6 Å². The SMILES string of the molecule is Cc1nc(N2CCOCC2)ccc1Nc1cc(C(F)(F)F)nc(-c2cccnc2)n1. The normalized spacial score (nSPS) is 14.6. The Bertz CT molecular complexity index is 1020. The number of nitrogens with one attached hydrogen (secondary N) is 1. The fourth-order valence-electron chi connectivity index (χ4n) is 3.07. The highest BCUT2D eigenvalue weighted by molar-refractivity contribution is 5.64. The van der Waals surface area contributed by atoms with E-state index >= 15 is 0 Å². The van der Waals surface area contributed by atoms with E-state index in [0.29, 0.717) is 30.2 Å². The summed E-state index contributed by atoms with van der Waals surface area (Å²) in [6.07, 6.45) is -1.66. The minimum Gasteiger partial charge on any atom is -0.378 e. The fraction of sp³-hybridized carbons (Fsp3) is 0.300. The Balaban J connectivity index is 1.65. The molecule has 0 unspecified atom stereocenters. The molecule has 7 nitrogen and oxygen atoms in total. The van der Waals surface area contributed by atoms with Crippen LogP contribution in [0.2, 0.25) is 0 Å². The van der Waals surface area contributed by atoms with Gasteiger partial charge < -0.3 is 15.0 Å². The quantitative estimate of drug-likeness (QED) is 0.693. The first-order valence-electron chi connectivity index (χ1n) is 9.34. The molecule has 10 heteroatoms. The van der Waals surface area contributed by atoms with Gasteiger partial charge in [-0.1, -0.05) is 0 Å². The Morgan fingerprint density at radius 2 is 1.87 bits per heavy atom. The van der Waals surface area contributed by atoms with Gasteiger partial charge in [0.05, 0.1) is 24.6 Å². The molecule has 0 radical (unpaired) electrons. The molecule has 1 N–H and O–H groups in total. The zero-order valence-corrected chi connectivity index (χ0v) is 16.1. The van der Waals surface area contributed by atoms with E-state index in [1.165, 1.54) is 12.4 Å². The summed E-state index contributed by atoms with van der Waals surface area (Å²) in [5.41, 5.74) is 0.573. The van der Waals surface area contributed by atoms with Gasteiger partial charge >= 0.3 is 6.18 Å². The number of hydrogen-bond donors (Lipinski definition) is 1. The molecule has 156 valence electrons. The van der Waals surface area contributed by atoms with Crippen LogP contribution in [0.5, 0.6) is 0 Å². The van der Waals surface area contributed by atoms with Crippen LogP contribution in [0, 0.1) is 6.92 Å². The van der Waals surface area contributed by atoms with E-state index in [2.05, 4.69) is 30.2 Å². The van der Waals surface area contributed by atoms with E-state index in [4.69, 9.17) is 4.74 Å². The third-order valence-electron chi connectivity index (χ3n) is 4.61. The Labute approximate surface area is 171 Å². The van der Waals surface area contributed by atoms with Crippen LogP contribution in [-0.2, 0) is 10.9 Å². The first-order valence-corrected chi connectivity index (χ1v) is 9.34. The van der Waals surface area contributed by atoms with E-state index in [1.54, 1.807) is 25.1 Å². The number of alkyl halides is 3. The van der Waals surface area contributed by atoms with Crippen molar-refractivity contribution in [2.45, 2.75) is 13.1 Å². The predicted molar refractivity (Wildman–Crippen MR) is 106 cm³/mol. The van der Waals surface area contributed by atoms with Gasteiger partial charge in [-0.3, -0.25) is 4.98 Å². The Kier molecular flexibility index (Phi) is 5.49. The van der Waals surface area contributed by atoms with E-state index in [1.807, 2.05) is 6.07 Å². The molecule has 3 aromatic heterocycles. The van der Waals surface area contributed by atoms with Crippen molar-refractivity contribution < 1.29 is 17.9 Å². The van der Waals surface area contributed by atoms with E-state index in [0.717, 1.165) is 25.0 Å². The number of rotatable bonds is 4. The van der Waals surface area contributed by atoms with Gasteiger partial charge in [-0.15, -0.1) is 0 Å². The molecule has 0 amide bonds. The van der Waals surface area contributed by atoms with Gasteiger partial charge in [0.25, 0.3) is 0 Å². The summed E-state index contributed by atoms with van der Waals surface area (Å²) in [5.74, 6) is 0.771. The fourth-order valence-corrected chi connectivity index (χ4v) is 3.07. The van der Waals surface area contributed by atoms with Gasteiger partial charge in [-0.05, 0) is 31.2 Å². The molecule has 1 fully saturated rings. The van der Waals surface area contributed by atoms with Crippen LogP contribution in [0.15, 0.2) is 42.7 Å². The first-order chi connectivity index (χ1) is 14.4. The average molecular weight is 416 g/mol. The van der Waals surface area contributed by atoms with Crippen LogP contribution in [0.1, 0.15) is 11.4 Å². The molecule has 1 saturated heterocycles. The Hall–Kier alpha value is -3.27. The zero-order valence-electron chi connectivity index (χ0n) is 16.1. The van der Waals surface area contributed by atoms with Crippen molar-refractivity contribution in [1.82, 2.24) is 19.9 Å². The minimum atomic E-state index is -4.61. The van der Waals surface area contributed by atoms with Crippen LogP contribution < -0.4 is 10.2 Å². The van der Waals surface area contributed by atoms with Gasteiger partial charge in [0, 0.05) is 37.1 Å². The lowest BCUT2D eigenvalue weighted by Gasteiger charge is -2.28. The van der Waals surface area contributed by atoms with Crippen molar-refractivity contribution in [3.05, 3.63) is 54.1 Å². The smallest absolute Gasteiger partial charge is 0.378 e. The van der Waals surface area contributed by atoms with Gasteiger partial charge in [-0.2, -0.15) is 13.2 Å². The number of morpholine rings is 1. The van der Waals surface area contributed by atoms with Crippen molar-refractivity contribution in [2.75, 3.05) is 36.5 Å². The highest BCUT2D eigenvalue weighted by Gasteiger charge is 2.34. The molecule has 0 atom stereocenters. The Morgan fingerprint density at radius 3 is 2.53 bits per heavy atom. The van der Waals surface area contributed by atoms with Crippen molar-refractivity contribution in [3.8, 4) is 11.4 Å². The standard InChI is InChI=1S/C20H19F3N6O/c1-13-15(4-5-18(25-13)29-7-9-30-10-8-29)26-17-11-16(20(21,22)23)27-19(28-17)14-3-2-6-24-12-14/h2-6,11-12H,7-10H2,1H3,(H,26,27,28). The first kappa shape index (κ1) is 20.0. The summed E-state index contributed by atoms with van der Waals surface area (Å²) in [6.45, 7) is 4.56. The number of aryl methyl sites for hydroxylation is 1. The highest BCUT2D eigenvalue weighted by atomic mass is 19.4. The molecular formula is C20H19F3N6O. The Morgan fingerprint density at radius 1 is 1.07 bits per heavy atom. The van der Waals surface area contributed by atoms with Crippen molar-refractivity contribution in [3.63, 3.8) is 0 Å². The topological polar surface area (TPSA) is 76.1 Å². The molecule has 4 heterocycles. The molecular weight excluding hydrogens is 397 g/mol. The lowest BCUT2D eigenvalue weighted by Crippen LogP contribution is -2.36. The van der Waals surface area contributed by atoms with Crippen LogP contribution in [-0.4, -0.2) is 46.2 Å². The molecule has 0 aliphatic carbocycles. The van der Waals surface area contributed by atoms with Crippen molar-refractivity contribution >= 4 is 17.3 Å². The van der Waals surface area contributed by atoms with Crippen LogP contribution in [0.3, 0.4) is 0 Å². The van der Waals surface area contributed by atoms with E-state index in [-0.39, 0.29) is 11.6 Å². The largest absolute Gasteiger partial charge is 0.433 e. The number of anilines is 3. The summed E-state index contributed by atoms with van der Waals surface area (Å²) in [4.78, 5) is 18.5. The van der Waals surface area contributed by atoms with Crippen molar-refractivity contribution in [2.24, 2.45) is 0 Å². The molecule has 3 aromatic rings. The molecule has 30 heavy (non-hydrogen) atoms. The van der Waals surface area contributed by atoms with Crippen LogP contribution in [0.25, 0.3) is 11.4 Å². The second-order valence-electron chi connectivity index (χ2n) is 6.73. The maximum Gasteiger partial charge on any atom is 0.433 e. The lowest BCUT2D eigenvalue weighted by molar-refractivity contribution is -0.141. The number of aromatic nitrogens is 4. The van der Waals surface area contributed by atoms with Gasteiger partial charge in [0.2, 0.25) is 0 Å². The molecule has 1 aliphatic rings. The average Bonchev–Trinajstić information content (AvgIpc) is 2.75. The lowest BCUT2D eigenvalue weighted by atomic mass is 10.2. The zero-order chi connectivity index (χ0) is 21.1. The number of ether oxygens (including phenoxy) is 1. The molecule has 4 rings (SSSR count). The van der Waals surface area contributed by atoms with Crippen molar-refractivity contribution in [1.29, 1.82) is 0 Å². The second-order valence-corrected chi connectivity index (χ2v) is 6.73. The van der Waals surface area contributed by atoms with Gasteiger partial charge in [0.15, 0.2) is 11.5 Å². The predicted octanol–water partition coefficient (Wildman–Crippen LogP) is 3.84. The van der Waals surface area contributed by atoms with Crippen LogP contribution >= 0.6 is 0 Å². The number of halogens is 3. The molecule has 0 bridgehead atoms. The number of hydrogen-bond acceptors (Lipinski definition) is 7. The summed E-state index contributed by atoms with van der Waals surface area (Å²) in [5, 5.41) is 2.95. The third kappa shape index (κ3) is 4.48. The summed E-state index contributed by atoms with van der Waals surface area (Å²) < 4.78 is 45.5. The maximum absolute atomic E-state index is 13.4. The maximum atomic E-state index is 13.4. The third-order valence-corrected chi connectivity index (χ3v) is 4.61. The summed E-state index contributed by atoms with van der Waals surface area (Å²) in [7, 11) is 0. The number of nitrogens with zero attached hydrogens (tertiary/aromatic N) is 5. The highest BCUT2D eigenvalue weighted by Crippen LogP contribution is 2.32. The molecule has 1 aliphatic heterocycles. The van der Waals surface area contributed by atoms with E-state index < -0.39 is 11.9 Å². The molecule has 0 saturated carbocycles. The van der Waals surface area contributed by atoms with Crippen LogP contribution in [0.4, 0.5) is 30.5 Å². The molecule has 0 spiro atoms. The number of pyridine rings is 2. The minimum absolute atomic E-state index is 0.0280. The summed E-state index contributed by atoms with van der Waals surface area (Å²) >= 11 is 0. The monoisotopic (exact) mass is 416 g/mol.